The second kappa shape index (κ2) is 6.96. The molecule has 2 aromatic carbocycles. The third-order valence-electron chi connectivity index (χ3n) is 4.86. The molecule has 1 aliphatic heterocycles. The van der Waals surface area contributed by atoms with Gasteiger partial charge in [0.15, 0.2) is 0 Å². The Morgan fingerprint density at radius 2 is 1.85 bits per heavy atom. The summed E-state index contributed by atoms with van der Waals surface area (Å²) < 4.78 is 1.84. The number of aromatic nitrogens is 1. The van der Waals surface area contributed by atoms with Crippen LogP contribution in [0.4, 0.5) is 10.5 Å². The zero-order valence-corrected chi connectivity index (χ0v) is 15.2. The van der Waals surface area contributed by atoms with E-state index in [1.807, 2.05) is 41.0 Å². The van der Waals surface area contributed by atoms with E-state index in [0.717, 1.165) is 22.2 Å². The topological polar surface area (TPSA) is 74.6 Å². The lowest BCUT2D eigenvalue weighted by molar-refractivity contribution is -0.137. The first-order valence-electron chi connectivity index (χ1n) is 8.66. The fraction of sp³-hybridized carbons (Fsp3) is 0.200. The van der Waals surface area contributed by atoms with Crippen LogP contribution in [0, 0.1) is 0 Å². The lowest BCUT2D eigenvalue weighted by Gasteiger charge is -2.28. The van der Waals surface area contributed by atoms with Gasteiger partial charge in [-0.15, -0.1) is 0 Å². The van der Waals surface area contributed by atoms with Gasteiger partial charge in [0.25, 0.3) is 0 Å². The molecular weight excluding hydrogens is 366 g/mol. The molecule has 7 heteroatoms. The van der Waals surface area contributed by atoms with E-state index in [4.69, 9.17) is 11.6 Å². The molecule has 2 N–H and O–H groups in total. The highest BCUT2D eigenvalue weighted by molar-refractivity contribution is 6.33. The molecule has 0 fully saturated rings. The minimum Gasteiger partial charge on any atom is -0.480 e. The van der Waals surface area contributed by atoms with Crippen molar-refractivity contribution in [3.05, 3.63) is 64.8 Å². The van der Waals surface area contributed by atoms with E-state index < -0.39 is 5.97 Å². The number of para-hydroxylation sites is 2. The van der Waals surface area contributed by atoms with Crippen molar-refractivity contribution in [3.63, 3.8) is 0 Å². The maximum atomic E-state index is 12.7. The Morgan fingerprint density at radius 1 is 1.11 bits per heavy atom. The van der Waals surface area contributed by atoms with Crippen LogP contribution in [0.3, 0.4) is 0 Å². The van der Waals surface area contributed by atoms with Crippen LogP contribution in [-0.2, 0) is 24.3 Å². The average Bonchev–Trinajstić information content (AvgIpc) is 2.97. The molecule has 4 rings (SSSR count). The fourth-order valence-electron chi connectivity index (χ4n) is 3.65. The largest absolute Gasteiger partial charge is 0.480 e. The van der Waals surface area contributed by atoms with Gasteiger partial charge in [-0.3, -0.25) is 4.79 Å². The number of carboxylic acid groups (broad SMARTS) is 1. The number of urea groups is 1. The third-order valence-corrected chi connectivity index (χ3v) is 5.19. The van der Waals surface area contributed by atoms with Crippen LogP contribution in [0.2, 0.25) is 5.02 Å². The predicted molar refractivity (Wildman–Crippen MR) is 104 cm³/mol. The first-order chi connectivity index (χ1) is 13.0. The van der Waals surface area contributed by atoms with Gasteiger partial charge in [-0.05, 0) is 18.2 Å². The Hall–Kier alpha value is -2.99. The van der Waals surface area contributed by atoms with Gasteiger partial charge >= 0.3 is 12.0 Å². The highest BCUT2D eigenvalue weighted by Gasteiger charge is 2.27. The molecule has 6 nitrogen and oxygen atoms in total. The number of amides is 2. The average molecular weight is 384 g/mol. The van der Waals surface area contributed by atoms with Crippen LogP contribution in [0.1, 0.15) is 11.3 Å². The fourth-order valence-corrected chi connectivity index (χ4v) is 3.83. The molecule has 0 aliphatic carbocycles. The van der Waals surface area contributed by atoms with Gasteiger partial charge in [0.2, 0.25) is 0 Å². The molecule has 0 bridgehead atoms. The Balaban J connectivity index is 1.64. The van der Waals surface area contributed by atoms with Crippen molar-refractivity contribution in [3.8, 4) is 0 Å². The van der Waals surface area contributed by atoms with E-state index in [0.29, 0.717) is 30.2 Å². The number of benzene rings is 2. The van der Waals surface area contributed by atoms with Crippen molar-refractivity contribution in [2.45, 2.75) is 19.5 Å². The van der Waals surface area contributed by atoms with E-state index >= 15 is 0 Å². The highest BCUT2D eigenvalue weighted by Crippen LogP contribution is 2.31. The summed E-state index contributed by atoms with van der Waals surface area (Å²) in [6.07, 6.45) is 0.604. The number of carbonyl (C=O) groups excluding carboxylic acids is 1. The van der Waals surface area contributed by atoms with E-state index in [2.05, 4.69) is 5.32 Å². The predicted octanol–water partition coefficient (Wildman–Crippen LogP) is 3.97. The van der Waals surface area contributed by atoms with Crippen molar-refractivity contribution < 1.29 is 14.7 Å². The summed E-state index contributed by atoms with van der Waals surface area (Å²) in [5, 5.41) is 13.6. The molecule has 3 aromatic rings. The van der Waals surface area contributed by atoms with Crippen molar-refractivity contribution in [1.82, 2.24) is 9.47 Å². The van der Waals surface area contributed by atoms with Crippen molar-refractivity contribution in [2.75, 3.05) is 11.9 Å². The summed E-state index contributed by atoms with van der Waals surface area (Å²) >= 11 is 6.13. The van der Waals surface area contributed by atoms with Gasteiger partial charge in [0.1, 0.15) is 6.54 Å². The summed E-state index contributed by atoms with van der Waals surface area (Å²) in [5.41, 5.74) is 3.45. The number of carbonyl (C=O) groups is 2. The number of anilines is 1. The molecular formula is C20H18ClN3O3. The van der Waals surface area contributed by atoms with Gasteiger partial charge in [-0.2, -0.15) is 0 Å². The molecule has 2 heterocycles. The zero-order chi connectivity index (χ0) is 19.0. The molecule has 0 saturated carbocycles. The Bertz CT molecular complexity index is 1040. The van der Waals surface area contributed by atoms with E-state index in [9.17, 15) is 14.7 Å². The first-order valence-corrected chi connectivity index (χ1v) is 9.03. The Kier molecular flexibility index (Phi) is 4.49. The minimum absolute atomic E-state index is 0.0817. The minimum atomic E-state index is -0.877. The quantitative estimate of drug-likeness (QED) is 0.718. The van der Waals surface area contributed by atoms with Crippen LogP contribution >= 0.6 is 11.6 Å². The summed E-state index contributed by atoms with van der Waals surface area (Å²) in [7, 11) is 0. The third kappa shape index (κ3) is 3.24. The van der Waals surface area contributed by atoms with Gasteiger partial charge in [0, 0.05) is 41.7 Å². The smallest absolute Gasteiger partial charge is 0.323 e. The zero-order valence-electron chi connectivity index (χ0n) is 14.5. The monoisotopic (exact) mass is 383 g/mol. The van der Waals surface area contributed by atoms with E-state index in [-0.39, 0.29) is 12.6 Å². The van der Waals surface area contributed by atoms with Crippen LogP contribution in [0.5, 0.6) is 0 Å². The number of carboxylic acids is 1. The normalized spacial score (nSPS) is 13.4. The molecule has 2 amide bonds. The lowest BCUT2D eigenvalue weighted by atomic mass is 10.0. The Morgan fingerprint density at radius 3 is 2.63 bits per heavy atom. The number of hydrogen-bond donors (Lipinski definition) is 2. The number of nitrogens with zero attached hydrogens (tertiary/aromatic N) is 2. The van der Waals surface area contributed by atoms with Gasteiger partial charge in [0.05, 0.1) is 10.7 Å². The number of nitrogens with one attached hydrogen (secondary N) is 1. The number of fused-ring (bicyclic) bond motifs is 3. The van der Waals surface area contributed by atoms with Crippen molar-refractivity contribution in [1.29, 1.82) is 0 Å². The van der Waals surface area contributed by atoms with Crippen LogP contribution in [0.25, 0.3) is 10.9 Å². The summed E-state index contributed by atoms with van der Waals surface area (Å²) in [6.45, 7) is 0.861. The van der Waals surface area contributed by atoms with Gasteiger partial charge < -0.3 is 19.9 Å². The maximum absolute atomic E-state index is 12.7. The second-order valence-corrected chi connectivity index (χ2v) is 6.91. The number of hydrogen-bond acceptors (Lipinski definition) is 2. The van der Waals surface area contributed by atoms with Crippen LogP contribution in [-0.4, -0.2) is 33.1 Å². The van der Waals surface area contributed by atoms with Crippen molar-refractivity contribution >= 4 is 40.2 Å². The SMILES string of the molecule is O=C(O)Cn1c2c(c3ccccc31)CN(C(=O)Nc1ccccc1Cl)CC2. The molecule has 0 atom stereocenters. The van der Waals surface area contributed by atoms with E-state index in [1.165, 1.54) is 0 Å². The molecule has 0 saturated heterocycles. The van der Waals surface area contributed by atoms with Crippen LogP contribution < -0.4 is 5.32 Å². The molecule has 0 unspecified atom stereocenters. The molecule has 138 valence electrons. The summed E-state index contributed by atoms with van der Waals surface area (Å²) in [6, 6.07) is 14.6. The summed E-state index contributed by atoms with van der Waals surface area (Å²) in [5.74, 6) is -0.877. The number of rotatable bonds is 3. The standard InChI is InChI=1S/C20H18ClN3O3/c21-15-6-2-3-7-16(15)22-20(27)23-10-9-18-14(11-23)13-5-1-4-8-17(13)24(18)12-19(25)26/h1-8H,9-12H2,(H,22,27)(H,25,26). The molecule has 0 radical (unpaired) electrons. The summed E-state index contributed by atoms with van der Waals surface area (Å²) in [4.78, 5) is 25.7. The first kappa shape index (κ1) is 17.4. The second-order valence-electron chi connectivity index (χ2n) is 6.50. The van der Waals surface area contributed by atoms with Crippen molar-refractivity contribution in [2.24, 2.45) is 0 Å². The molecule has 1 aliphatic rings. The van der Waals surface area contributed by atoms with Gasteiger partial charge in [-0.25, -0.2) is 4.79 Å². The lowest BCUT2D eigenvalue weighted by Crippen LogP contribution is -2.39. The number of halogens is 1. The Labute approximate surface area is 161 Å². The molecule has 0 spiro atoms. The molecule has 27 heavy (non-hydrogen) atoms. The van der Waals surface area contributed by atoms with Gasteiger partial charge in [-0.1, -0.05) is 41.9 Å². The van der Waals surface area contributed by atoms with Crippen LogP contribution in [0.15, 0.2) is 48.5 Å². The molecule has 1 aromatic heterocycles. The number of aliphatic carboxylic acids is 1. The highest BCUT2D eigenvalue weighted by atomic mass is 35.5. The maximum Gasteiger partial charge on any atom is 0.323 e. The van der Waals surface area contributed by atoms with E-state index in [1.54, 1.807) is 17.0 Å².